The standard InChI is InChI=1S/C17H16IN3O2/c1-22-12-9-13-16(14(10-12)23-2)20-15(21-17(13)18)4-3-11-5-7-19-8-6-11/h5-10H,3-4H2,1-2H3. The van der Waals surface area contributed by atoms with Gasteiger partial charge in [-0.3, -0.25) is 4.98 Å². The fraction of sp³-hybridized carbons (Fsp3) is 0.235. The number of hydrogen-bond acceptors (Lipinski definition) is 5. The molecule has 0 saturated heterocycles. The number of hydrogen-bond donors (Lipinski definition) is 0. The Morgan fingerprint density at radius 1 is 1.00 bits per heavy atom. The summed E-state index contributed by atoms with van der Waals surface area (Å²) in [5.41, 5.74) is 2.04. The lowest BCUT2D eigenvalue weighted by Gasteiger charge is -2.10. The Bertz CT molecular complexity index is 825. The molecule has 6 heteroatoms. The Balaban J connectivity index is 1.96. The molecule has 0 aliphatic carbocycles. The van der Waals surface area contributed by atoms with Crippen LogP contribution in [-0.2, 0) is 12.8 Å². The first-order valence-corrected chi connectivity index (χ1v) is 8.26. The number of aromatic nitrogens is 3. The first kappa shape index (κ1) is 15.9. The maximum Gasteiger partial charge on any atom is 0.148 e. The summed E-state index contributed by atoms with van der Waals surface area (Å²) in [5, 5.41) is 0.939. The highest BCUT2D eigenvalue weighted by Gasteiger charge is 2.12. The Morgan fingerprint density at radius 2 is 1.78 bits per heavy atom. The maximum atomic E-state index is 5.46. The van der Waals surface area contributed by atoms with Gasteiger partial charge in [-0.05, 0) is 52.8 Å². The minimum absolute atomic E-state index is 0.699. The van der Waals surface area contributed by atoms with Gasteiger partial charge in [-0.15, -0.1) is 0 Å². The number of aryl methyl sites for hydroxylation is 2. The van der Waals surface area contributed by atoms with Crippen molar-refractivity contribution in [2.45, 2.75) is 12.8 Å². The van der Waals surface area contributed by atoms with E-state index in [4.69, 9.17) is 9.47 Å². The number of methoxy groups -OCH3 is 2. The number of nitrogens with zero attached hydrogens (tertiary/aromatic N) is 3. The second-order valence-electron chi connectivity index (χ2n) is 5.01. The molecule has 118 valence electrons. The molecule has 3 rings (SSSR count). The third-order valence-electron chi connectivity index (χ3n) is 3.58. The summed E-state index contributed by atoms with van der Waals surface area (Å²) >= 11 is 2.23. The van der Waals surface area contributed by atoms with Gasteiger partial charge in [0.15, 0.2) is 0 Å². The summed E-state index contributed by atoms with van der Waals surface area (Å²) in [4.78, 5) is 13.3. The van der Waals surface area contributed by atoms with Gasteiger partial charge in [-0.1, -0.05) is 0 Å². The van der Waals surface area contributed by atoms with Crippen LogP contribution in [0.1, 0.15) is 11.4 Å². The number of ether oxygens (including phenoxy) is 2. The zero-order valence-electron chi connectivity index (χ0n) is 12.9. The molecule has 3 aromatic rings. The van der Waals surface area contributed by atoms with Gasteiger partial charge < -0.3 is 9.47 Å². The normalized spacial score (nSPS) is 10.7. The van der Waals surface area contributed by atoms with Crippen LogP contribution in [0.25, 0.3) is 10.9 Å². The van der Waals surface area contributed by atoms with Crippen molar-refractivity contribution < 1.29 is 9.47 Å². The highest BCUT2D eigenvalue weighted by Crippen LogP contribution is 2.31. The quantitative estimate of drug-likeness (QED) is 0.467. The van der Waals surface area contributed by atoms with E-state index in [9.17, 15) is 0 Å². The zero-order valence-corrected chi connectivity index (χ0v) is 15.1. The number of pyridine rings is 1. The molecule has 1 aromatic carbocycles. The molecular weight excluding hydrogens is 405 g/mol. The molecule has 0 N–H and O–H groups in total. The van der Waals surface area contributed by atoms with Crippen LogP contribution in [0, 0.1) is 3.70 Å². The molecule has 0 aliphatic rings. The van der Waals surface area contributed by atoms with Crippen LogP contribution < -0.4 is 9.47 Å². The Labute approximate surface area is 148 Å². The number of rotatable bonds is 5. The van der Waals surface area contributed by atoms with Crippen LogP contribution in [0.15, 0.2) is 36.7 Å². The molecule has 2 heterocycles. The summed E-state index contributed by atoms with van der Waals surface area (Å²) < 4.78 is 11.7. The molecule has 0 bridgehead atoms. The lowest BCUT2D eigenvalue weighted by molar-refractivity contribution is 0.397. The highest BCUT2D eigenvalue weighted by atomic mass is 127. The molecule has 5 nitrogen and oxygen atoms in total. The smallest absolute Gasteiger partial charge is 0.148 e. The molecule has 0 atom stereocenters. The molecule has 0 spiro atoms. The van der Waals surface area contributed by atoms with Crippen molar-refractivity contribution in [1.82, 2.24) is 15.0 Å². The molecule has 0 amide bonds. The van der Waals surface area contributed by atoms with Gasteiger partial charge in [0.25, 0.3) is 0 Å². The van der Waals surface area contributed by atoms with Crippen LogP contribution in [0.2, 0.25) is 0 Å². The fourth-order valence-corrected chi connectivity index (χ4v) is 3.06. The molecule has 23 heavy (non-hydrogen) atoms. The van der Waals surface area contributed by atoms with Crippen molar-refractivity contribution in [3.8, 4) is 11.5 Å². The van der Waals surface area contributed by atoms with E-state index in [1.54, 1.807) is 26.6 Å². The zero-order chi connectivity index (χ0) is 16.2. The predicted molar refractivity (Wildman–Crippen MR) is 97.0 cm³/mol. The topological polar surface area (TPSA) is 57.1 Å². The molecule has 0 radical (unpaired) electrons. The van der Waals surface area contributed by atoms with Gasteiger partial charge in [-0.2, -0.15) is 0 Å². The fourth-order valence-electron chi connectivity index (χ4n) is 2.37. The van der Waals surface area contributed by atoms with E-state index in [0.717, 1.165) is 39.0 Å². The van der Waals surface area contributed by atoms with Crippen LogP contribution in [0.3, 0.4) is 0 Å². The van der Waals surface area contributed by atoms with Crippen molar-refractivity contribution in [1.29, 1.82) is 0 Å². The summed E-state index contributed by atoms with van der Waals surface area (Å²) in [6.07, 6.45) is 5.25. The van der Waals surface area contributed by atoms with Crippen LogP contribution >= 0.6 is 22.6 Å². The molecular formula is C17H16IN3O2. The number of benzene rings is 1. The van der Waals surface area contributed by atoms with E-state index in [1.807, 2.05) is 24.3 Å². The van der Waals surface area contributed by atoms with Crippen molar-refractivity contribution in [2.24, 2.45) is 0 Å². The molecule has 0 fully saturated rings. The third kappa shape index (κ3) is 3.52. The highest BCUT2D eigenvalue weighted by molar-refractivity contribution is 14.1. The van der Waals surface area contributed by atoms with Gasteiger partial charge in [0.2, 0.25) is 0 Å². The second-order valence-corrected chi connectivity index (χ2v) is 6.03. The average Bonchev–Trinajstić information content (AvgIpc) is 2.60. The third-order valence-corrected chi connectivity index (χ3v) is 4.40. The first-order chi connectivity index (χ1) is 11.2. The second kappa shape index (κ2) is 7.08. The Kier molecular flexibility index (Phi) is 4.90. The van der Waals surface area contributed by atoms with E-state index in [1.165, 1.54) is 5.56 Å². The Hall–Kier alpha value is -1.96. The van der Waals surface area contributed by atoms with Gasteiger partial charge in [0.1, 0.15) is 26.5 Å². The lowest BCUT2D eigenvalue weighted by Crippen LogP contribution is -2.02. The monoisotopic (exact) mass is 421 g/mol. The van der Waals surface area contributed by atoms with Crippen LogP contribution in [0.4, 0.5) is 0 Å². The first-order valence-electron chi connectivity index (χ1n) is 7.18. The maximum absolute atomic E-state index is 5.46. The summed E-state index contributed by atoms with van der Waals surface area (Å²) in [6.45, 7) is 0. The summed E-state index contributed by atoms with van der Waals surface area (Å²) in [6, 6.07) is 7.80. The van der Waals surface area contributed by atoms with Crippen molar-refractivity contribution in [2.75, 3.05) is 14.2 Å². The van der Waals surface area contributed by atoms with Gasteiger partial charge in [0.05, 0.1) is 14.2 Å². The minimum atomic E-state index is 0.699. The Morgan fingerprint density at radius 3 is 2.48 bits per heavy atom. The molecule has 0 saturated carbocycles. The summed E-state index contributed by atoms with van der Waals surface area (Å²) in [7, 11) is 3.28. The van der Waals surface area contributed by atoms with Gasteiger partial charge in [-0.25, -0.2) is 9.97 Å². The van der Waals surface area contributed by atoms with E-state index >= 15 is 0 Å². The largest absolute Gasteiger partial charge is 0.497 e. The van der Waals surface area contributed by atoms with Gasteiger partial charge in [0, 0.05) is 30.3 Å². The molecule has 2 aromatic heterocycles. The lowest BCUT2D eigenvalue weighted by atomic mass is 10.1. The van der Waals surface area contributed by atoms with Gasteiger partial charge >= 0.3 is 0 Å². The number of fused-ring (bicyclic) bond motifs is 1. The van der Waals surface area contributed by atoms with Crippen LogP contribution in [0.5, 0.6) is 11.5 Å². The van der Waals surface area contributed by atoms with Crippen molar-refractivity contribution in [3.05, 3.63) is 51.7 Å². The molecule has 0 unspecified atom stereocenters. The van der Waals surface area contributed by atoms with Crippen molar-refractivity contribution >= 4 is 33.5 Å². The summed E-state index contributed by atoms with van der Waals surface area (Å²) in [5.74, 6) is 2.24. The van der Waals surface area contributed by atoms with E-state index in [0.29, 0.717) is 5.75 Å². The van der Waals surface area contributed by atoms with Crippen molar-refractivity contribution in [3.63, 3.8) is 0 Å². The number of halogens is 1. The van der Waals surface area contributed by atoms with E-state index < -0.39 is 0 Å². The van der Waals surface area contributed by atoms with Crippen LogP contribution in [-0.4, -0.2) is 29.2 Å². The minimum Gasteiger partial charge on any atom is -0.497 e. The SMILES string of the molecule is COc1cc(OC)c2nc(CCc3ccncc3)nc(I)c2c1. The van der Waals surface area contributed by atoms with E-state index in [2.05, 4.69) is 37.5 Å². The average molecular weight is 421 g/mol. The van der Waals surface area contributed by atoms with E-state index in [-0.39, 0.29) is 0 Å². The predicted octanol–water partition coefficient (Wildman–Crippen LogP) is 3.43. The molecule has 0 aliphatic heterocycles.